The van der Waals surface area contributed by atoms with Crippen molar-refractivity contribution in [2.45, 2.75) is 18.8 Å². The van der Waals surface area contributed by atoms with Gasteiger partial charge in [0.15, 0.2) is 0 Å². The fourth-order valence-electron chi connectivity index (χ4n) is 1.73. The van der Waals surface area contributed by atoms with Crippen LogP contribution in [0.15, 0.2) is 18.3 Å². The minimum atomic E-state index is -2.57. The molecule has 1 fully saturated rings. The molecule has 92 valence electrons. The monoisotopic (exact) mass is 243 g/mol. The van der Waals surface area contributed by atoms with Gasteiger partial charge in [0.2, 0.25) is 11.8 Å². The molecule has 1 aromatic heterocycles. The number of ether oxygens (including phenoxy) is 1. The van der Waals surface area contributed by atoms with Crippen LogP contribution >= 0.6 is 0 Å². The van der Waals surface area contributed by atoms with Crippen LogP contribution in [0.1, 0.15) is 23.2 Å². The van der Waals surface area contributed by atoms with E-state index in [9.17, 15) is 13.6 Å². The van der Waals surface area contributed by atoms with Crippen LogP contribution in [0.5, 0.6) is 5.88 Å². The second kappa shape index (κ2) is 4.27. The minimum Gasteiger partial charge on any atom is -0.478 e. The Balaban J connectivity index is 1.87. The molecule has 2 rings (SSSR count). The first-order chi connectivity index (χ1) is 7.96. The van der Waals surface area contributed by atoms with Gasteiger partial charge in [0.05, 0.1) is 12.2 Å². The lowest BCUT2D eigenvalue weighted by atomic mass is 9.82. The molecule has 0 atom stereocenters. The number of rotatable bonds is 4. The molecule has 1 aliphatic carbocycles. The van der Waals surface area contributed by atoms with Gasteiger partial charge in [0.25, 0.3) is 0 Å². The minimum absolute atomic E-state index is 0.0638. The van der Waals surface area contributed by atoms with Crippen LogP contribution in [0.25, 0.3) is 0 Å². The summed E-state index contributed by atoms with van der Waals surface area (Å²) >= 11 is 0. The van der Waals surface area contributed by atoms with E-state index in [-0.39, 0.29) is 36.8 Å². The van der Waals surface area contributed by atoms with Gasteiger partial charge in [-0.25, -0.2) is 18.6 Å². The molecule has 0 unspecified atom stereocenters. The highest BCUT2D eigenvalue weighted by atomic mass is 19.3. The van der Waals surface area contributed by atoms with Crippen molar-refractivity contribution < 1.29 is 23.4 Å². The quantitative estimate of drug-likeness (QED) is 0.880. The van der Waals surface area contributed by atoms with Crippen molar-refractivity contribution in [1.82, 2.24) is 4.98 Å². The number of hydrogen-bond acceptors (Lipinski definition) is 3. The first kappa shape index (κ1) is 11.8. The first-order valence-corrected chi connectivity index (χ1v) is 5.16. The lowest BCUT2D eigenvalue weighted by Gasteiger charge is -2.34. The van der Waals surface area contributed by atoms with E-state index in [2.05, 4.69) is 4.98 Å². The van der Waals surface area contributed by atoms with E-state index >= 15 is 0 Å². The van der Waals surface area contributed by atoms with E-state index in [1.807, 2.05) is 0 Å². The van der Waals surface area contributed by atoms with Crippen LogP contribution in [-0.2, 0) is 0 Å². The zero-order valence-electron chi connectivity index (χ0n) is 8.90. The smallest absolute Gasteiger partial charge is 0.335 e. The van der Waals surface area contributed by atoms with E-state index in [1.54, 1.807) is 0 Å². The molecular weight excluding hydrogens is 232 g/mol. The molecule has 0 radical (unpaired) electrons. The van der Waals surface area contributed by atoms with Gasteiger partial charge >= 0.3 is 5.97 Å². The maximum Gasteiger partial charge on any atom is 0.335 e. The van der Waals surface area contributed by atoms with E-state index in [0.29, 0.717) is 0 Å². The maximum absolute atomic E-state index is 12.5. The molecule has 0 bridgehead atoms. The number of carbonyl (C=O) groups is 1. The number of pyridine rings is 1. The van der Waals surface area contributed by atoms with Crippen LogP contribution in [0.3, 0.4) is 0 Å². The number of aromatic carboxylic acids is 1. The zero-order chi connectivity index (χ0) is 12.5. The summed E-state index contributed by atoms with van der Waals surface area (Å²) in [5, 5.41) is 8.73. The molecule has 0 aromatic carbocycles. The van der Waals surface area contributed by atoms with Crippen molar-refractivity contribution >= 4 is 5.97 Å². The number of carboxylic acids is 1. The average Bonchev–Trinajstić information content (AvgIpc) is 2.23. The van der Waals surface area contributed by atoms with E-state index in [4.69, 9.17) is 9.84 Å². The zero-order valence-corrected chi connectivity index (χ0v) is 8.90. The Kier molecular flexibility index (Phi) is 2.95. The molecule has 17 heavy (non-hydrogen) atoms. The molecule has 1 heterocycles. The number of nitrogens with zero attached hydrogens (tertiary/aromatic N) is 1. The fourth-order valence-corrected chi connectivity index (χ4v) is 1.73. The molecule has 0 aliphatic heterocycles. The number of alkyl halides is 2. The molecule has 1 N–H and O–H groups in total. The van der Waals surface area contributed by atoms with Gasteiger partial charge in [0, 0.05) is 31.0 Å². The van der Waals surface area contributed by atoms with Crippen LogP contribution < -0.4 is 4.74 Å². The molecule has 4 nitrogen and oxygen atoms in total. The fraction of sp³-hybridized carbons (Fsp3) is 0.455. The van der Waals surface area contributed by atoms with Crippen molar-refractivity contribution in [3.63, 3.8) is 0 Å². The first-order valence-electron chi connectivity index (χ1n) is 5.16. The Labute approximate surface area is 96.2 Å². The van der Waals surface area contributed by atoms with Crippen molar-refractivity contribution in [3.8, 4) is 5.88 Å². The van der Waals surface area contributed by atoms with Gasteiger partial charge in [-0.1, -0.05) is 0 Å². The van der Waals surface area contributed by atoms with Crippen molar-refractivity contribution in [2.24, 2.45) is 5.92 Å². The Bertz CT molecular complexity index is 428. The van der Waals surface area contributed by atoms with Gasteiger partial charge in [0.1, 0.15) is 0 Å². The van der Waals surface area contributed by atoms with E-state index in [0.717, 1.165) is 0 Å². The van der Waals surface area contributed by atoms with Crippen molar-refractivity contribution in [3.05, 3.63) is 23.9 Å². The van der Waals surface area contributed by atoms with Gasteiger partial charge in [-0.2, -0.15) is 0 Å². The summed E-state index contributed by atoms with van der Waals surface area (Å²) in [6.45, 7) is 0.145. The van der Waals surface area contributed by atoms with Crippen molar-refractivity contribution in [1.29, 1.82) is 0 Å². The third-order valence-corrected chi connectivity index (χ3v) is 2.62. The standard InChI is InChI=1S/C11H11F2NO3/c12-11(13)4-7(5-11)6-17-9-3-8(10(15)16)1-2-14-9/h1-3,7H,4-6H2,(H,15,16). The van der Waals surface area contributed by atoms with Gasteiger partial charge in [-0.3, -0.25) is 0 Å². The summed E-state index contributed by atoms with van der Waals surface area (Å²) in [7, 11) is 0. The van der Waals surface area contributed by atoms with Crippen LogP contribution in [-0.4, -0.2) is 28.6 Å². The largest absolute Gasteiger partial charge is 0.478 e. The van der Waals surface area contributed by atoms with Crippen LogP contribution in [0.2, 0.25) is 0 Å². The summed E-state index contributed by atoms with van der Waals surface area (Å²) in [4.78, 5) is 14.5. The Morgan fingerprint density at radius 3 is 2.88 bits per heavy atom. The molecular formula is C11H11F2NO3. The topological polar surface area (TPSA) is 59.4 Å². The van der Waals surface area contributed by atoms with Gasteiger partial charge < -0.3 is 9.84 Å². The molecule has 1 saturated carbocycles. The third-order valence-electron chi connectivity index (χ3n) is 2.62. The second-order valence-electron chi connectivity index (χ2n) is 4.13. The molecule has 0 spiro atoms. The molecule has 1 aromatic rings. The van der Waals surface area contributed by atoms with Gasteiger partial charge in [-0.15, -0.1) is 0 Å². The summed E-state index contributed by atoms with van der Waals surface area (Å²) in [6.07, 6.45) is 0.964. The number of aromatic nitrogens is 1. The second-order valence-corrected chi connectivity index (χ2v) is 4.13. The van der Waals surface area contributed by atoms with E-state index in [1.165, 1.54) is 18.3 Å². The van der Waals surface area contributed by atoms with E-state index < -0.39 is 11.9 Å². The Morgan fingerprint density at radius 2 is 2.29 bits per heavy atom. The van der Waals surface area contributed by atoms with Crippen LogP contribution in [0, 0.1) is 5.92 Å². The summed E-state index contributed by atoms with van der Waals surface area (Å²) < 4.78 is 30.3. The van der Waals surface area contributed by atoms with Crippen molar-refractivity contribution in [2.75, 3.05) is 6.61 Å². The average molecular weight is 243 g/mol. The Morgan fingerprint density at radius 1 is 1.59 bits per heavy atom. The highest BCUT2D eigenvalue weighted by molar-refractivity contribution is 5.87. The normalized spacial score (nSPS) is 18.5. The molecule has 6 heteroatoms. The maximum atomic E-state index is 12.5. The summed E-state index contributed by atoms with van der Waals surface area (Å²) in [6, 6.07) is 2.62. The van der Waals surface area contributed by atoms with Crippen LogP contribution in [0.4, 0.5) is 8.78 Å². The SMILES string of the molecule is O=C(O)c1ccnc(OCC2CC(F)(F)C2)c1. The predicted octanol–water partition coefficient (Wildman–Crippen LogP) is 2.20. The molecule has 1 aliphatic rings. The lowest BCUT2D eigenvalue weighted by Crippen LogP contribution is -2.38. The highest BCUT2D eigenvalue weighted by Gasteiger charge is 2.45. The molecule has 0 amide bonds. The summed E-state index contributed by atoms with van der Waals surface area (Å²) in [5.41, 5.74) is 0.0638. The molecule has 0 saturated heterocycles. The number of halogens is 2. The predicted molar refractivity (Wildman–Crippen MR) is 54.4 cm³/mol. The number of hydrogen-bond donors (Lipinski definition) is 1. The lowest BCUT2D eigenvalue weighted by molar-refractivity contribution is -0.119. The third kappa shape index (κ3) is 2.89. The highest BCUT2D eigenvalue weighted by Crippen LogP contribution is 2.42. The Hall–Kier alpha value is -1.72. The van der Waals surface area contributed by atoms with Gasteiger partial charge in [-0.05, 0) is 6.07 Å². The number of carboxylic acid groups (broad SMARTS) is 1. The summed E-state index contributed by atoms with van der Waals surface area (Å²) in [5.74, 6) is -3.67.